The van der Waals surface area contributed by atoms with Gasteiger partial charge in [0.05, 0.1) is 30.5 Å². The van der Waals surface area contributed by atoms with Crippen LogP contribution in [0, 0.1) is 11.3 Å². The Bertz CT molecular complexity index is 2500. The van der Waals surface area contributed by atoms with Crippen molar-refractivity contribution in [2.45, 2.75) is 99.9 Å². The van der Waals surface area contributed by atoms with Crippen molar-refractivity contribution in [2.75, 3.05) is 26.5 Å². The number of nitrogens with one attached hydrogen (secondary N) is 3. The number of hydrogen-bond acceptors (Lipinski definition) is 16. The van der Waals surface area contributed by atoms with Gasteiger partial charge in [0.2, 0.25) is 18.0 Å². The lowest BCUT2D eigenvalue weighted by Gasteiger charge is -2.47. The number of fused-ring (bicyclic) bond motifs is 7. The first-order chi connectivity index (χ1) is 31.4. The number of ether oxygens (including phenoxy) is 4. The summed E-state index contributed by atoms with van der Waals surface area (Å²) in [5, 5.41) is 76.7. The summed E-state index contributed by atoms with van der Waals surface area (Å²) in [6.45, 7) is -1.29. The Morgan fingerprint density at radius 2 is 1.75 bits per heavy atom. The maximum absolute atomic E-state index is 14.9. The first-order valence-electron chi connectivity index (χ1n) is 21.8. The van der Waals surface area contributed by atoms with Crippen molar-refractivity contribution in [3.63, 3.8) is 0 Å². The number of nitrogens with zero attached hydrogens (tertiary/aromatic N) is 2. The summed E-state index contributed by atoms with van der Waals surface area (Å²) in [7, 11) is 0. The van der Waals surface area contributed by atoms with Crippen molar-refractivity contribution < 1.29 is 73.7 Å². The highest BCUT2D eigenvalue weighted by molar-refractivity contribution is 6.68. The van der Waals surface area contributed by atoms with Gasteiger partial charge in [0.1, 0.15) is 43.0 Å². The average Bonchev–Trinajstić information content (AvgIpc) is 3.96. The molecule has 19 heteroatoms. The third-order valence-electron chi connectivity index (χ3n) is 13.4. The number of aliphatic hydroxyl groups excluding tert-OH is 6. The second-order valence-electron chi connectivity index (χ2n) is 17.3. The number of guanidine groups is 1. The number of aliphatic imine (C=N–C) groups is 2. The molecule has 3 aromatic rings. The van der Waals surface area contributed by atoms with E-state index in [-0.39, 0.29) is 96.0 Å². The Kier molecular flexibility index (Phi) is 12.3. The number of carbonyl (C=O) groups excluding carboxylic acids is 4. The number of para-hydroxylation sites is 1. The summed E-state index contributed by atoms with van der Waals surface area (Å²) in [6.07, 6.45) is -6.87. The van der Waals surface area contributed by atoms with E-state index in [0.29, 0.717) is 53.7 Å². The first kappa shape index (κ1) is 44.6. The fourth-order valence-corrected chi connectivity index (χ4v) is 10.2. The summed E-state index contributed by atoms with van der Waals surface area (Å²) in [4.78, 5) is 63.7. The lowest BCUT2D eigenvalue weighted by atomic mass is 9.74. The van der Waals surface area contributed by atoms with Gasteiger partial charge in [-0.1, -0.05) is 37.1 Å². The fraction of sp³-hybridized carbons (Fsp3) is 0.457. The molecule has 1 amide bonds. The van der Waals surface area contributed by atoms with Crippen LogP contribution < -0.4 is 19.7 Å². The minimum Gasteiger partial charge on any atom is -0.486 e. The van der Waals surface area contributed by atoms with Crippen LogP contribution in [0.15, 0.2) is 58.5 Å². The summed E-state index contributed by atoms with van der Waals surface area (Å²) in [5.74, 6) is -4.22. The molecule has 2 bridgehead atoms. The Balaban J connectivity index is 1.34. The molecule has 2 aliphatic carbocycles. The highest BCUT2D eigenvalue weighted by Gasteiger charge is 2.57. The Morgan fingerprint density at radius 3 is 2.51 bits per heavy atom. The zero-order chi connectivity index (χ0) is 45.7. The van der Waals surface area contributed by atoms with E-state index in [1.54, 1.807) is 18.2 Å². The molecule has 1 spiro atoms. The van der Waals surface area contributed by atoms with Gasteiger partial charge < -0.3 is 54.4 Å². The number of benzene rings is 3. The Morgan fingerprint density at radius 1 is 0.969 bits per heavy atom. The highest BCUT2D eigenvalue weighted by atomic mass is 16.7. The molecule has 3 aromatic carbocycles. The molecule has 4 aliphatic heterocycles. The van der Waals surface area contributed by atoms with Gasteiger partial charge in [-0.15, -0.1) is 0 Å². The molecule has 9 atom stereocenters. The van der Waals surface area contributed by atoms with E-state index in [2.05, 4.69) is 15.3 Å². The number of carbonyl (C=O) groups is 4. The maximum Gasteiger partial charge on any atom is 0.284 e. The van der Waals surface area contributed by atoms with E-state index >= 15 is 0 Å². The number of aliphatic hydroxyl groups is 6. The van der Waals surface area contributed by atoms with Crippen molar-refractivity contribution in [3.05, 3.63) is 87.5 Å². The topological polar surface area (TPSA) is 292 Å². The van der Waals surface area contributed by atoms with Crippen LogP contribution in [0.2, 0.25) is 0 Å². The molecule has 2 fully saturated rings. The second-order valence-corrected chi connectivity index (χ2v) is 17.3. The van der Waals surface area contributed by atoms with Gasteiger partial charge in [0, 0.05) is 46.8 Å². The van der Waals surface area contributed by atoms with Gasteiger partial charge in [-0.2, -0.15) is 4.99 Å². The molecular weight excluding hydrogens is 847 g/mol. The van der Waals surface area contributed by atoms with Crippen LogP contribution in [0.5, 0.6) is 11.5 Å². The molecule has 9 N–H and O–H groups in total. The number of aldehydes is 1. The third kappa shape index (κ3) is 7.79. The number of amides is 1. The van der Waals surface area contributed by atoms with E-state index in [9.17, 15) is 49.8 Å². The summed E-state index contributed by atoms with van der Waals surface area (Å²) in [5.41, 5.74) is 0.104. The number of rotatable bonds is 11. The molecule has 0 radical (unpaired) electrons. The van der Waals surface area contributed by atoms with Crippen LogP contribution in [0.25, 0.3) is 0 Å². The molecule has 9 unspecified atom stereocenters. The quantitative estimate of drug-likeness (QED) is 0.0877. The van der Waals surface area contributed by atoms with Crippen LogP contribution in [0.1, 0.15) is 99.4 Å². The molecule has 1 saturated heterocycles. The van der Waals surface area contributed by atoms with Crippen molar-refractivity contribution in [1.29, 1.82) is 5.41 Å². The minimum atomic E-state index is -1.89. The highest BCUT2D eigenvalue weighted by Crippen LogP contribution is 2.52. The second kappa shape index (κ2) is 18.0. The molecule has 0 aromatic heterocycles. The molecule has 9 rings (SSSR count). The van der Waals surface area contributed by atoms with E-state index in [1.807, 2.05) is 6.07 Å². The molecule has 4 heterocycles. The van der Waals surface area contributed by atoms with Gasteiger partial charge in [0.15, 0.2) is 29.7 Å². The molecule has 19 nitrogen and oxygen atoms in total. The van der Waals surface area contributed by atoms with Gasteiger partial charge in [-0.3, -0.25) is 25.1 Å². The Labute approximate surface area is 371 Å². The van der Waals surface area contributed by atoms with Crippen LogP contribution in [-0.2, 0) is 25.7 Å². The third-order valence-corrected chi connectivity index (χ3v) is 13.4. The molecule has 1 saturated carbocycles. The predicted molar refractivity (Wildman–Crippen MR) is 227 cm³/mol. The van der Waals surface area contributed by atoms with Crippen LogP contribution >= 0.6 is 0 Å². The Hall–Kier alpha value is -5.61. The van der Waals surface area contributed by atoms with E-state index in [1.165, 1.54) is 24.3 Å². The molecule has 6 aliphatic rings. The van der Waals surface area contributed by atoms with Crippen LogP contribution in [0.4, 0.5) is 5.69 Å². The first-order valence-corrected chi connectivity index (χ1v) is 21.8. The SMILES string of the molecule is N=C1N=C2C(=NC[NH+]2c2ccccc2C2c3cc4c(c(OCC(O)CC=O)c3OC3OC(C(O)C(O)C3O)C3(CCCC3)OCC2CCCO)C(=O)c2cc(CO)ccc2C4=O)C(=O)N1. The van der Waals surface area contributed by atoms with E-state index < -0.39 is 84.9 Å². The van der Waals surface area contributed by atoms with E-state index in [0.717, 1.165) is 0 Å². The smallest absolute Gasteiger partial charge is 0.284 e. The summed E-state index contributed by atoms with van der Waals surface area (Å²) < 4.78 is 26.6. The van der Waals surface area contributed by atoms with Crippen LogP contribution in [0.3, 0.4) is 0 Å². The minimum absolute atomic E-state index is 0.00913. The standard InChI is InChI=1S/C46H49N5O14/c47-45-49-42-33(43(61)50-45)48-21-51(42)30-8-2-1-7-26(30)31-23(6-5-14-52)19-63-46(12-3-4-13-46)41-37(59)36(58)38(60)44(65-41)64-39-29(31)17-28-32(40(39)62-20-24(55)11-15-53)35(57)27-16-22(18-54)9-10-25(27)34(28)56/h1-2,7-10,15-17,23-24,31,36-38,41,44,52,54-55,58-60H,3-6,11-14,18-21H2,(H2,47,50,61)/p+1. The van der Waals surface area contributed by atoms with Gasteiger partial charge in [-0.05, 0) is 61.4 Å². The number of ketones is 2. The molecule has 342 valence electrons. The maximum atomic E-state index is 14.9. The molecule has 65 heavy (non-hydrogen) atoms. The average molecular weight is 897 g/mol. The lowest BCUT2D eigenvalue weighted by molar-refractivity contribution is -0.723. The lowest BCUT2D eigenvalue weighted by Crippen LogP contribution is -3.09. The molecular formula is C46H50N5O14+. The van der Waals surface area contributed by atoms with Crippen LogP contribution in [-0.4, -0.2) is 141 Å². The number of amidine groups is 1. The summed E-state index contributed by atoms with van der Waals surface area (Å²) in [6, 6.07) is 13.0. The van der Waals surface area contributed by atoms with Gasteiger partial charge >= 0.3 is 0 Å². The predicted octanol–water partition coefficient (Wildman–Crippen LogP) is -0.275. The zero-order valence-corrected chi connectivity index (χ0v) is 35.1. The zero-order valence-electron chi connectivity index (χ0n) is 35.1. The normalized spacial score (nSPS) is 28.4. The number of quaternary nitrogens is 1. The van der Waals surface area contributed by atoms with E-state index in [4.69, 9.17) is 24.4 Å². The number of hydrogen-bond donors (Lipinski definition) is 9. The van der Waals surface area contributed by atoms with Crippen molar-refractivity contribution in [1.82, 2.24) is 5.32 Å². The van der Waals surface area contributed by atoms with Crippen molar-refractivity contribution in [2.24, 2.45) is 15.9 Å². The fourth-order valence-electron chi connectivity index (χ4n) is 10.2. The van der Waals surface area contributed by atoms with Crippen molar-refractivity contribution >= 4 is 47.0 Å². The summed E-state index contributed by atoms with van der Waals surface area (Å²) >= 11 is 0. The van der Waals surface area contributed by atoms with Crippen molar-refractivity contribution in [3.8, 4) is 11.5 Å². The monoisotopic (exact) mass is 896 g/mol. The largest absolute Gasteiger partial charge is 0.486 e. The van der Waals surface area contributed by atoms with Gasteiger partial charge in [-0.25, -0.2) is 9.89 Å². The van der Waals surface area contributed by atoms with Gasteiger partial charge in [0.25, 0.3) is 11.7 Å².